The van der Waals surface area contributed by atoms with E-state index in [0.29, 0.717) is 19.4 Å². The van der Waals surface area contributed by atoms with E-state index in [-0.39, 0.29) is 18.5 Å². The summed E-state index contributed by atoms with van der Waals surface area (Å²) in [5, 5.41) is 23.2. The van der Waals surface area contributed by atoms with E-state index in [1.165, 1.54) is 398 Å². The number of ether oxygens (including phenoxy) is 1. The third-order valence-corrected chi connectivity index (χ3v) is 19.2. The van der Waals surface area contributed by atoms with E-state index in [2.05, 4.69) is 31.3 Å². The summed E-state index contributed by atoms with van der Waals surface area (Å²) in [7, 11) is 0. The fraction of sp³-hybridized carbons (Fsp3) is 0.927. The van der Waals surface area contributed by atoms with Crippen molar-refractivity contribution < 1.29 is 24.5 Å². The van der Waals surface area contributed by atoms with E-state index in [1.54, 1.807) is 6.08 Å². The maximum atomic E-state index is 12.5. The number of aliphatic hydroxyl groups is 2. The summed E-state index contributed by atoms with van der Waals surface area (Å²) < 4.78 is 5.52. The molecule has 0 aliphatic rings. The quantitative estimate of drug-likeness (QED) is 0.0320. The molecule has 6 heteroatoms. The second-order valence-corrected chi connectivity index (χ2v) is 28.1. The summed E-state index contributed by atoms with van der Waals surface area (Å²) in [6.45, 7) is 4.96. The van der Waals surface area contributed by atoms with Gasteiger partial charge in [-0.05, 0) is 57.8 Å². The van der Waals surface area contributed by atoms with Crippen LogP contribution in [-0.2, 0) is 14.3 Å². The Morgan fingerprint density at radius 1 is 0.307 bits per heavy atom. The van der Waals surface area contributed by atoms with Crippen LogP contribution in [0.2, 0.25) is 0 Å². The van der Waals surface area contributed by atoms with Crippen LogP contribution in [0, 0.1) is 0 Å². The normalized spacial score (nSPS) is 12.5. The minimum Gasteiger partial charge on any atom is -0.466 e. The average Bonchev–Trinajstić information content (AvgIpc) is 3.58. The first kappa shape index (κ1) is 86.3. The monoisotopic (exact) mass is 1240 g/mol. The van der Waals surface area contributed by atoms with Gasteiger partial charge in [-0.25, -0.2) is 0 Å². The molecule has 0 spiro atoms. The standard InChI is InChI=1S/C82H159NO5/c1-3-5-7-9-11-13-15-17-19-21-42-46-50-54-58-62-66-70-74-80(85)79(78-84)83-81(86)75-71-67-63-59-55-51-47-43-40-38-36-34-32-30-28-26-24-23-25-27-29-31-33-35-37-39-41-45-49-53-57-61-65-69-73-77-88-82(87)76-72-68-64-60-56-52-48-44-22-20-18-16-14-12-10-8-6-4-2/h25,27,70,74,79-80,84-85H,3-24,26,28-69,71-73,75-78H2,1-2H3,(H,83,86)/b27-25-,74-70+. The third kappa shape index (κ3) is 73.4. The van der Waals surface area contributed by atoms with Crippen LogP contribution >= 0.6 is 0 Å². The second-order valence-electron chi connectivity index (χ2n) is 28.1. The van der Waals surface area contributed by atoms with Crippen LogP contribution in [-0.4, -0.2) is 47.4 Å². The van der Waals surface area contributed by atoms with Gasteiger partial charge in [-0.15, -0.1) is 0 Å². The van der Waals surface area contributed by atoms with Gasteiger partial charge in [-0.2, -0.15) is 0 Å². The summed E-state index contributed by atoms with van der Waals surface area (Å²) >= 11 is 0. The van der Waals surface area contributed by atoms with Crippen LogP contribution in [0.5, 0.6) is 0 Å². The maximum absolute atomic E-state index is 12.5. The van der Waals surface area contributed by atoms with Gasteiger partial charge in [-0.1, -0.05) is 417 Å². The highest BCUT2D eigenvalue weighted by molar-refractivity contribution is 5.76. The van der Waals surface area contributed by atoms with Crippen LogP contribution in [0.25, 0.3) is 0 Å². The molecule has 0 aromatic heterocycles. The number of unbranched alkanes of at least 4 members (excludes halogenated alkanes) is 64. The van der Waals surface area contributed by atoms with Crippen LogP contribution < -0.4 is 5.32 Å². The molecule has 88 heavy (non-hydrogen) atoms. The van der Waals surface area contributed by atoms with Crippen molar-refractivity contribution in [2.75, 3.05) is 13.2 Å². The Hall–Kier alpha value is -1.66. The predicted molar refractivity (Wildman–Crippen MR) is 389 cm³/mol. The largest absolute Gasteiger partial charge is 0.466 e. The molecule has 0 aliphatic heterocycles. The van der Waals surface area contributed by atoms with Crippen molar-refractivity contribution >= 4 is 11.9 Å². The van der Waals surface area contributed by atoms with Crippen molar-refractivity contribution in [1.29, 1.82) is 0 Å². The summed E-state index contributed by atoms with van der Waals surface area (Å²) in [4.78, 5) is 24.7. The molecule has 2 unspecified atom stereocenters. The number of carbonyl (C=O) groups excluding carboxylic acids is 2. The number of allylic oxidation sites excluding steroid dienone is 3. The van der Waals surface area contributed by atoms with Crippen molar-refractivity contribution in [2.45, 2.75) is 475 Å². The molecule has 0 rings (SSSR count). The average molecular weight is 1240 g/mol. The van der Waals surface area contributed by atoms with E-state index in [4.69, 9.17) is 4.74 Å². The first-order chi connectivity index (χ1) is 43.5. The molecule has 0 saturated carbocycles. The smallest absolute Gasteiger partial charge is 0.305 e. The molecular formula is C82H159NO5. The van der Waals surface area contributed by atoms with Gasteiger partial charge in [0, 0.05) is 12.8 Å². The predicted octanol–water partition coefficient (Wildman–Crippen LogP) is 26.8. The van der Waals surface area contributed by atoms with E-state index in [0.717, 1.165) is 38.5 Å². The molecule has 0 saturated heterocycles. The molecule has 0 bridgehead atoms. The lowest BCUT2D eigenvalue weighted by molar-refractivity contribution is -0.143. The first-order valence-electron chi connectivity index (χ1n) is 40.6. The Labute approximate surface area is 551 Å². The van der Waals surface area contributed by atoms with Crippen molar-refractivity contribution in [3.8, 4) is 0 Å². The Kier molecular flexibility index (Phi) is 76.3. The van der Waals surface area contributed by atoms with Crippen molar-refractivity contribution in [2.24, 2.45) is 0 Å². The second kappa shape index (κ2) is 77.8. The zero-order valence-electron chi connectivity index (χ0n) is 60.0. The third-order valence-electron chi connectivity index (χ3n) is 19.2. The van der Waals surface area contributed by atoms with E-state index < -0.39 is 12.1 Å². The minimum atomic E-state index is -0.842. The number of nitrogens with one attached hydrogen (secondary N) is 1. The van der Waals surface area contributed by atoms with Gasteiger partial charge in [0.25, 0.3) is 0 Å². The molecule has 0 radical (unpaired) electrons. The lowest BCUT2D eigenvalue weighted by atomic mass is 10.0. The number of hydrogen-bond acceptors (Lipinski definition) is 5. The molecule has 1 amide bonds. The van der Waals surface area contributed by atoms with Gasteiger partial charge >= 0.3 is 5.97 Å². The summed E-state index contributed by atoms with van der Waals surface area (Å²) in [5.74, 6) is -0.0348. The number of hydrogen-bond donors (Lipinski definition) is 3. The maximum Gasteiger partial charge on any atom is 0.305 e. The van der Waals surface area contributed by atoms with Crippen molar-refractivity contribution in [3.05, 3.63) is 24.3 Å². The van der Waals surface area contributed by atoms with E-state index in [9.17, 15) is 19.8 Å². The van der Waals surface area contributed by atoms with Crippen LogP contribution in [0.1, 0.15) is 463 Å². The number of amides is 1. The van der Waals surface area contributed by atoms with Gasteiger partial charge in [0.15, 0.2) is 0 Å². The molecule has 0 aliphatic carbocycles. The number of rotatable bonds is 77. The Morgan fingerprint density at radius 2 is 0.534 bits per heavy atom. The van der Waals surface area contributed by atoms with Gasteiger partial charge in [0.05, 0.1) is 25.4 Å². The summed E-state index contributed by atoms with van der Waals surface area (Å²) in [6.07, 6.45) is 100. The number of carbonyl (C=O) groups is 2. The molecule has 0 fully saturated rings. The lowest BCUT2D eigenvalue weighted by Crippen LogP contribution is -2.45. The Morgan fingerprint density at radius 3 is 0.807 bits per heavy atom. The highest BCUT2D eigenvalue weighted by atomic mass is 16.5. The molecule has 0 aromatic carbocycles. The highest BCUT2D eigenvalue weighted by Crippen LogP contribution is 2.20. The first-order valence-corrected chi connectivity index (χ1v) is 40.6. The summed E-state index contributed by atoms with van der Waals surface area (Å²) in [5.41, 5.74) is 0. The highest BCUT2D eigenvalue weighted by Gasteiger charge is 2.18. The van der Waals surface area contributed by atoms with Crippen molar-refractivity contribution in [3.63, 3.8) is 0 Å². The fourth-order valence-corrected chi connectivity index (χ4v) is 13.0. The zero-order chi connectivity index (χ0) is 63.5. The van der Waals surface area contributed by atoms with Gasteiger partial charge in [0.2, 0.25) is 5.91 Å². The van der Waals surface area contributed by atoms with E-state index >= 15 is 0 Å². The minimum absolute atomic E-state index is 0.0255. The van der Waals surface area contributed by atoms with Crippen LogP contribution in [0.15, 0.2) is 24.3 Å². The summed E-state index contributed by atoms with van der Waals surface area (Å²) in [6, 6.07) is -0.625. The van der Waals surface area contributed by atoms with Crippen LogP contribution in [0.4, 0.5) is 0 Å². The van der Waals surface area contributed by atoms with Gasteiger partial charge < -0.3 is 20.3 Å². The number of esters is 1. The Bertz CT molecular complexity index is 1380. The molecule has 2 atom stereocenters. The molecule has 0 heterocycles. The number of aliphatic hydroxyl groups excluding tert-OH is 2. The van der Waals surface area contributed by atoms with E-state index in [1.807, 2.05) is 6.08 Å². The topological polar surface area (TPSA) is 95.9 Å². The van der Waals surface area contributed by atoms with Crippen molar-refractivity contribution in [1.82, 2.24) is 5.32 Å². The molecule has 522 valence electrons. The molecule has 3 N–H and O–H groups in total. The molecular weight excluding hydrogens is 1080 g/mol. The molecule has 6 nitrogen and oxygen atoms in total. The van der Waals surface area contributed by atoms with Crippen LogP contribution in [0.3, 0.4) is 0 Å². The Balaban J connectivity index is 3.34. The zero-order valence-corrected chi connectivity index (χ0v) is 60.0. The lowest BCUT2D eigenvalue weighted by Gasteiger charge is -2.20. The SMILES string of the molecule is CCCCCCCCCCCCCCCCCC/C=C/C(O)C(CO)NC(=O)CCCCCCCCCCCCCCCCCCC/C=C\CCCCCCCCCCCCCCCCOC(=O)CCCCCCCCCCCCCCCCCCCC. The molecule has 0 aromatic rings. The fourth-order valence-electron chi connectivity index (χ4n) is 13.0. The van der Waals surface area contributed by atoms with Gasteiger partial charge in [-0.3, -0.25) is 9.59 Å². The van der Waals surface area contributed by atoms with Gasteiger partial charge in [0.1, 0.15) is 0 Å².